The van der Waals surface area contributed by atoms with Gasteiger partial charge in [-0.1, -0.05) is 24.3 Å². The van der Waals surface area contributed by atoms with Crippen molar-refractivity contribution < 1.29 is 0 Å². The van der Waals surface area contributed by atoms with Crippen molar-refractivity contribution in [3.8, 4) is 6.07 Å². The van der Waals surface area contributed by atoms with Gasteiger partial charge in [0.15, 0.2) is 0 Å². The van der Waals surface area contributed by atoms with Gasteiger partial charge in [0, 0.05) is 25.0 Å². The van der Waals surface area contributed by atoms with E-state index in [1.165, 1.54) is 11.1 Å². The molecule has 1 aromatic carbocycles. The first kappa shape index (κ1) is 13.7. The summed E-state index contributed by atoms with van der Waals surface area (Å²) in [5.41, 5.74) is 8.59. The van der Waals surface area contributed by atoms with Gasteiger partial charge in [-0.2, -0.15) is 5.26 Å². The van der Waals surface area contributed by atoms with E-state index in [0.29, 0.717) is 6.42 Å². The predicted molar refractivity (Wildman–Crippen MR) is 70.4 cm³/mol. The van der Waals surface area contributed by atoms with Crippen LogP contribution in [0.15, 0.2) is 24.3 Å². The highest BCUT2D eigenvalue weighted by Gasteiger charge is 2.21. The second kappa shape index (κ2) is 6.39. The lowest BCUT2D eigenvalue weighted by Crippen LogP contribution is -2.38. The van der Waals surface area contributed by atoms with E-state index in [0.717, 1.165) is 6.54 Å². The predicted octanol–water partition coefficient (Wildman–Crippen LogP) is 2.23. The van der Waals surface area contributed by atoms with Crippen molar-refractivity contribution in [3.63, 3.8) is 0 Å². The van der Waals surface area contributed by atoms with Gasteiger partial charge in [-0.3, -0.25) is 4.90 Å². The summed E-state index contributed by atoms with van der Waals surface area (Å²) < 4.78 is 0. The molecule has 0 aromatic heterocycles. The number of likely N-dealkylation sites (N-methyl/N-ethyl adjacent to an activating group) is 1. The smallest absolute Gasteiger partial charge is 0.0635 e. The zero-order valence-corrected chi connectivity index (χ0v) is 10.9. The number of nitriles is 1. The summed E-state index contributed by atoms with van der Waals surface area (Å²) in [5.74, 6) is 0. The van der Waals surface area contributed by atoms with Crippen LogP contribution in [-0.2, 0) is 0 Å². The van der Waals surface area contributed by atoms with Crippen molar-refractivity contribution in [1.29, 1.82) is 5.26 Å². The Morgan fingerprint density at radius 1 is 1.41 bits per heavy atom. The molecule has 3 heteroatoms. The maximum atomic E-state index is 8.65. The molecule has 0 heterocycles. The van der Waals surface area contributed by atoms with Gasteiger partial charge >= 0.3 is 0 Å². The van der Waals surface area contributed by atoms with Gasteiger partial charge in [-0.15, -0.1) is 0 Å². The highest BCUT2D eigenvalue weighted by molar-refractivity contribution is 5.29. The van der Waals surface area contributed by atoms with Crippen LogP contribution in [-0.4, -0.2) is 24.5 Å². The molecule has 2 N–H and O–H groups in total. The number of benzene rings is 1. The third-order valence-corrected chi connectivity index (χ3v) is 3.06. The number of nitrogens with two attached hydrogens (primary N) is 1. The van der Waals surface area contributed by atoms with Gasteiger partial charge in [0.2, 0.25) is 0 Å². The fraction of sp³-hybridized carbons (Fsp3) is 0.500. The van der Waals surface area contributed by atoms with Crippen LogP contribution in [0, 0.1) is 18.3 Å². The van der Waals surface area contributed by atoms with Gasteiger partial charge in [0.25, 0.3) is 0 Å². The van der Waals surface area contributed by atoms with Crippen molar-refractivity contribution in [3.05, 3.63) is 35.4 Å². The Bertz CT molecular complexity index is 393. The molecule has 0 amide bonds. The molecule has 92 valence electrons. The molecule has 0 spiro atoms. The summed E-state index contributed by atoms with van der Waals surface area (Å²) in [7, 11) is 2.03. The summed E-state index contributed by atoms with van der Waals surface area (Å²) >= 11 is 0. The Morgan fingerprint density at radius 3 is 2.59 bits per heavy atom. The molecule has 1 aromatic rings. The van der Waals surface area contributed by atoms with Crippen LogP contribution in [0.5, 0.6) is 0 Å². The van der Waals surface area contributed by atoms with Crippen LogP contribution in [0.25, 0.3) is 0 Å². The topological polar surface area (TPSA) is 53.0 Å². The first-order chi connectivity index (χ1) is 8.07. The highest BCUT2D eigenvalue weighted by atomic mass is 15.1. The second-order valence-electron chi connectivity index (χ2n) is 4.55. The first-order valence-corrected chi connectivity index (χ1v) is 5.96. The van der Waals surface area contributed by atoms with Crippen LogP contribution in [0.2, 0.25) is 0 Å². The molecule has 2 unspecified atom stereocenters. The molecule has 0 bridgehead atoms. The highest BCUT2D eigenvalue weighted by Crippen LogP contribution is 2.25. The number of aryl methyl sites for hydroxylation is 1. The molecule has 0 fully saturated rings. The Labute approximate surface area is 104 Å². The molecule has 0 aliphatic rings. The minimum absolute atomic E-state index is 0.0415. The molecule has 0 saturated carbocycles. The van der Waals surface area contributed by atoms with Crippen molar-refractivity contribution in [2.24, 2.45) is 5.73 Å². The lowest BCUT2D eigenvalue weighted by atomic mass is 9.95. The Morgan fingerprint density at radius 2 is 2.06 bits per heavy atom. The Hall–Kier alpha value is -1.37. The van der Waals surface area contributed by atoms with E-state index in [-0.39, 0.29) is 12.1 Å². The quantitative estimate of drug-likeness (QED) is 0.845. The summed E-state index contributed by atoms with van der Waals surface area (Å²) in [6.07, 6.45) is 0.533. The van der Waals surface area contributed by atoms with E-state index in [1.54, 1.807) is 0 Å². The van der Waals surface area contributed by atoms with E-state index in [2.05, 4.69) is 30.0 Å². The van der Waals surface area contributed by atoms with Crippen molar-refractivity contribution in [1.82, 2.24) is 4.90 Å². The largest absolute Gasteiger partial charge is 0.326 e. The average Bonchev–Trinajstić information content (AvgIpc) is 2.29. The normalized spacial score (nSPS) is 14.4. The van der Waals surface area contributed by atoms with Crippen molar-refractivity contribution in [2.45, 2.75) is 32.4 Å². The minimum atomic E-state index is 0.0415. The number of hydrogen-bond acceptors (Lipinski definition) is 3. The minimum Gasteiger partial charge on any atom is -0.326 e. The summed E-state index contributed by atoms with van der Waals surface area (Å²) in [6.45, 7) is 4.86. The fourth-order valence-electron chi connectivity index (χ4n) is 2.21. The van der Waals surface area contributed by atoms with Gasteiger partial charge in [-0.25, -0.2) is 0 Å². The molecule has 2 atom stereocenters. The lowest BCUT2D eigenvalue weighted by molar-refractivity contribution is 0.223. The standard InChI is InChI=1S/C14H21N3/c1-11-7-4-5-8-13(11)14(12(2)16)17(3)10-6-9-15/h4-5,7-8,12,14H,6,10,16H2,1-3H3. The van der Waals surface area contributed by atoms with Crippen LogP contribution < -0.4 is 5.73 Å². The molecule has 0 saturated heterocycles. The van der Waals surface area contributed by atoms with Crippen LogP contribution in [0.1, 0.15) is 30.5 Å². The average molecular weight is 231 g/mol. The molecule has 0 aliphatic carbocycles. The number of nitrogens with zero attached hydrogens (tertiary/aromatic N) is 2. The molecule has 17 heavy (non-hydrogen) atoms. The van der Waals surface area contributed by atoms with Gasteiger partial charge in [0.1, 0.15) is 0 Å². The molecule has 0 aliphatic heterocycles. The van der Waals surface area contributed by atoms with Crippen LogP contribution >= 0.6 is 0 Å². The second-order valence-corrected chi connectivity index (χ2v) is 4.55. The Balaban J connectivity index is 2.94. The lowest BCUT2D eigenvalue weighted by Gasteiger charge is -2.32. The summed E-state index contributed by atoms with van der Waals surface area (Å²) in [6, 6.07) is 10.7. The molecule has 3 nitrogen and oxygen atoms in total. The maximum absolute atomic E-state index is 8.65. The molecular weight excluding hydrogens is 210 g/mol. The SMILES string of the molecule is Cc1ccccc1C(C(C)N)N(C)CCC#N. The van der Waals surface area contributed by atoms with Crippen LogP contribution in [0.3, 0.4) is 0 Å². The monoisotopic (exact) mass is 231 g/mol. The van der Waals surface area contributed by atoms with Gasteiger partial charge in [-0.05, 0) is 32.0 Å². The fourth-order valence-corrected chi connectivity index (χ4v) is 2.21. The van der Waals surface area contributed by atoms with E-state index in [4.69, 9.17) is 11.0 Å². The van der Waals surface area contributed by atoms with E-state index >= 15 is 0 Å². The van der Waals surface area contributed by atoms with Gasteiger partial charge in [0.05, 0.1) is 6.07 Å². The summed E-state index contributed by atoms with van der Waals surface area (Å²) in [5, 5.41) is 8.65. The van der Waals surface area contributed by atoms with E-state index in [1.807, 2.05) is 26.1 Å². The van der Waals surface area contributed by atoms with Crippen LogP contribution in [0.4, 0.5) is 0 Å². The maximum Gasteiger partial charge on any atom is 0.0635 e. The Kier molecular flexibility index (Phi) is 5.14. The third-order valence-electron chi connectivity index (χ3n) is 3.06. The number of hydrogen-bond donors (Lipinski definition) is 1. The summed E-state index contributed by atoms with van der Waals surface area (Å²) in [4.78, 5) is 2.16. The van der Waals surface area contributed by atoms with Gasteiger partial charge < -0.3 is 5.73 Å². The van der Waals surface area contributed by atoms with E-state index in [9.17, 15) is 0 Å². The van der Waals surface area contributed by atoms with Crippen molar-refractivity contribution >= 4 is 0 Å². The van der Waals surface area contributed by atoms with E-state index < -0.39 is 0 Å². The van der Waals surface area contributed by atoms with Crippen molar-refractivity contribution in [2.75, 3.05) is 13.6 Å². The first-order valence-electron chi connectivity index (χ1n) is 5.96. The number of rotatable bonds is 5. The zero-order valence-electron chi connectivity index (χ0n) is 10.9. The third kappa shape index (κ3) is 3.55. The molecule has 1 rings (SSSR count). The molecule has 0 radical (unpaired) electrons. The molecular formula is C14H21N3. The zero-order chi connectivity index (χ0) is 12.8.